The molecule has 0 heterocycles. The second-order valence-electron chi connectivity index (χ2n) is 4.77. The lowest BCUT2D eigenvalue weighted by Crippen LogP contribution is -2.25. The van der Waals surface area contributed by atoms with Crippen LogP contribution in [0.25, 0.3) is 0 Å². The van der Waals surface area contributed by atoms with Crippen LogP contribution >= 0.6 is 0 Å². The van der Waals surface area contributed by atoms with Crippen LogP contribution in [0, 0.1) is 6.92 Å². The molecule has 0 bridgehead atoms. The topological polar surface area (TPSA) is 12.0 Å². The van der Waals surface area contributed by atoms with Crippen LogP contribution in [0.5, 0.6) is 0 Å². The van der Waals surface area contributed by atoms with E-state index >= 15 is 0 Å². The first kappa shape index (κ1) is 13.2. The van der Waals surface area contributed by atoms with Gasteiger partial charge in [-0.15, -0.1) is 0 Å². The number of hydrogen-bond acceptors (Lipinski definition) is 1. The Hall–Kier alpha value is -0.820. The zero-order chi connectivity index (χ0) is 11.8. The molecule has 1 N–H and O–H groups in total. The van der Waals surface area contributed by atoms with Crippen LogP contribution in [0.15, 0.2) is 24.3 Å². The van der Waals surface area contributed by atoms with Crippen LogP contribution in [0.1, 0.15) is 50.7 Å². The van der Waals surface area contributed by atoms with E-state index in [1.807, 2.05) is 0 Å². The second kappa shape index (κ2) is 7.45. The maximum atomic E-state index is 3.59. The molecule has 1 rings (SSSR count). The lowest BCUT2D eigenvalue weighted by atomic mass is 10.1. The summed E-state index contributed by atoms with van der Waals surface area (Å²) in [6.07, 6.45) is 5.30. The largest absolute Gasteiger partial charge is 0.310 e. The maximum absolute atomic E-state index is 3.59. The SMILES string of the molecule is CCCCCC(C)NCc1cccc(C)c1. The van der Waals surface area contributed by atoms with E-state index in [4.69, 9.17) is 0 Å². The number of hydrogen-bond donors (Lipinski definition) is 1. The standard InChI is InChI=1S/C15H25N/c1-4-5-6-9-14(3)16-12-15-10-7-8-13(2)11-15/h7-8,10-11,14,16H,4-6,9,12H2,1-3H3. The summed E-state index contributed by atoms with van der Waals surface area (Å²) >= 11 is 0. The Morgan fingerprint density at radius 3 is 2.75 bits per heavy atom. The van der Waals surface area contributed by atoms with Crippen molar-refractivity contribution in [2.45, 2.75) is 59.0 Å². The van der Waals surface area contributed by atoms with Crippen LogP contribution in [0.2, 0.25) is 0 Å². The molecule has 90 valence electrons. The number of unbranched alkanes of at least 4 members (excludes halogenated alkanes) is 2. The molecule has 1 unspecified atom stereocenters. The third kappa shape index (κ3) is 5.32. The zero-order valence-electron chi connectivity index (χ0n) is 10.9. The normalized spacial score (nSPS) is 12.7. The van der Waals surface area contributed by atoms with Crippen molar-refractivity contribution in [2.75, 3.05) is 0 Å². The Balaban J connectivity index is 2.23. The molecule has 0 fully saturated rings. The van der Waals surface area contributed by atoms with Gasteiger partial charge in [-0.3, -0.25) is 0 Å². The van der Waals surface area contributed by atoms with Crippen molar-refractivity contribution in [1.82, 2.24) is 5.32 Å². The van der Waals surface area contributed by atoms with E-state index in [2.05, 4.69) is 50.4 Å². The van der Waals surface area contributed by atoms with E-state index in [0.717, 1.165) is 6.54 Å². The Kier molecular flexibility index (Phi) is 6.17. The molecule has 0 saturated heterocycles. The fraction of sp³-hybridized carbons (Fsp3) is 0.600. The molecule has 1 nitrogen and oxygen atoms in total. The lowest BCUT2D eigenvalue weighted by Gasteiger charge is -2.13. The molecule has 1 aromatic rings. The molecular formula is C15H25N. The first-order chi connectivity index (χ1) is 7.72. The van der Waals surface area contributed by atoms with Crippen molar-refractivity contribution in [3.63, 3.8) is 0 Å². The number of aryl methyl sites for hydroxylation is 1. The van der Waals surface area contributed by atoms with Crippen molar-refractivity contribution in [2.24, 2.45) is 0 Å². The predicted octanol–water partition coefficient (Wildman–Crippen LogP) is 4.05. The smallest absolute Gasteiger partial charge is 0.0208 e. The molecule has 1 heteroatoms. The van der Waals surface area contributed by atoms with Crippen molar-refractivity contribution in [1.29, 1.82) is 0 Å². The van der Waals surface area contributed by atoms with Gasteiger partial charge in [-0.05, 0) is 25.8 Å². The van der Waals surface area contributed by atoms with Crippen molar-refractivity contribution < 1.29 is 0 Å². The third-order valence-corrected chi connectivity index (χ3v) is 2.98. The Labute approximate surface area is 100 Å². The summed E-state index contributed by atoms with van der Waals surface area (Å²) < 4.78 is 0. The molecule has 0 amide bonds. The van der Waals surface area contributed by atoms with Gasteiger partial charge in [-0.2, -0.15) is 0 Å². The number of benzene rings is 1. The van der Waals surface area contributed by atoms with E-state index in [1.54, 1.807) is 0 Å². The maximum Gasteiger partial charge on any atom is 0.0208 e. The minimum Gasteiger partial charge on any atom is -0.310 e. The summed E-state index contributed by atoms with van der Waals surface area (Å²) in [6, 6.07) is 9.36. The summed E-state index contributed by atoms with van der Waals surface area (Å²) in [5.74, 6) is 0. The van der Waals surface area contributed by atoms with Gasteiger partial charge in [0.15, 0.2) is 0 Å². The highest BCUT2D eigenvalue weighted by Gasteiger charge is 2.01. The monoisotopic (exact) mass is 219 g/mol. The van der Waals surface area contributed by atoms with Crippen LogP contribution in [-0.4, -0.2) is 6.04 Å². The van der Waals surface area contributed by atoms with Gasteiger partial charge in [0.1, 0.15) is 0 Å². The van der Waals surface area contributed by atoms with E-state index in [0.29, 0.717) is 6.04 Å². The van der Waals surface area contributed by atoms with Gasteiger partial charge in [0.25, 0.3) is 0 Å². The molecule has 0 spiro atoms. The van der Waals surface area contributed by atoms with E-state index < -0.39 is 0 Å². The molecule has 0 aliphatic carbocycles. The zero-order valence-corrected chi connectivity index (χ0v) is 10.9. The quantitative estimate of drug-likeness (QED) is 0.682. The summed E-state index contributed by atoms with van der Waals surface area (Å²) in [5.41, 5.74) is 2.74. The molecule has 1 atom stereocenters. The van der Waals surface area contributed by atoms with Gasteiger partial charge in [0.2, 0.25) is 0 Å². The molecular weight excluding hydrogens is 194 g/mol. The highest BCUT2D eigenvalue weighted by molar-refractivity contribution is 5.21. The van der Waals surface area contributed by atoms with Gasteiger partial charge in [0.05, 0.1) is 0 Å². The minimum absolute atomic E-state index is 0.632. The molecule has 0 radical (unpaired) electrons. The first-order valence-corrected chi connectivity index (χ1v) is 6.51. The van der Waals surface area contributed by atoms with E-state index in [-0.39, 0.29) is 0 Å². The third-order valence-electron chi connectivity index (χ3n) is 2.98. The highest BCUT2D eigenvalue weighted by Crippen LogP contribution is 2.06. The Bertz CT molecular complexity index is 293. The molecule has 0 aliphatic heterocycles. The van der Waals surface area contributed by atoms with Gasteiger partial charge in [0, 0.05) is 12.6 Å². The average molecular weight is 219 g/mol. The van der Waals surface area contributed by atoms with Crippen LogP contribution < -0.4 is 5.32 Å². The average Bonchev–Trinajstić information content (AvgIpc) is 2.27. The molecule has 0 aromatic heterocycles. The highest BCUT2D eigenvalue weighted by atomic mass is 14.9. The predicted molar refractivity (Wildman–Crippen MR) is 71.6 cm³/mol. The second-order valence-corrected chi connectivity index (χ2v) is 4.77. The summed E-state index contributed by atoms with van der Waals surface area (Å²) in [6.45, 7) is 7.68. The van der Waals surface area contributed by atoms with Gasteiger partial charge in [-0.25, -0.2) is 0 Å². The lowest BCUT2D eigenvalue weighted by molar-refractivity contribution is 0.487. The first-order valence-electron chi connectivity index (χ1n) is 6.51. The summed E-state index contributed by atoms with van der Waals surface area (Å²) in [4.78, 5) is 0. The van der Waals surface area contributed by atoms with Crippen LogP contribution in [-0.2, 0) is 6.54 Å². The van der Waals surface area contributed by atoms with Gasteiger partial charge >= 0.3 is 0 Å². The molecule has 0 aliphatic rings. The van der Waals surface area contributed by atoms with Crippen LogP contribution in [0.3, 0.4) is 0 Å². The molecule has 0 saturated carbocycles. The molecule has 16 heavy (non-hydrogen) atoms. The number of nitrogens with one attached hydrogen (secondary N) is 1. The summed E-state index contributed by atoms with van der Waals surface area (Å²) in [5, 5.41) is 3.59. The fourth-order valence-corrected chi connectivity index (χ4v) is 1.92. The minimum atomic E-state index is 0.632. The van der Waals surface area contributed by atoms with Crippen molar-refractivity contribution in [3.05, 3.63) is 35.4 Å². The van der Waals surface area contributed by atoms with Gasteiger partial charge in [-0.1, -0.05) is 56.0 Å². The van der Waals surface area contributed by atoms with Crippen molar-refractivity contribution >= 4 is 0 Å². The number of rotatable bonds is 7. The Morgan fingerprint density at radius 1 is 1.25 bits per heavy atom. The molecule has 1 aromatic carbocycles. The van der Waals surface area contributed by atoms with E-state index in [1.165, 1.54) is 36.8 Å². The van der Waals surface area contributed by atoms with Crippen molar-refractivity contribution in [3.8, 4) is 0 Å². The van der Waals surface area contributed by atoms with E-state index in [9.17, 15) is 0 Å². The summed E-state index contributed by atoms with van der Waals surface area (Å²) in [7, 11) is 0. The fourth-order valence-electron chi connectivity index (χ4n) is 1.92. The van der Waals surface area contributed by atoms with Crippen LogP contribution in [0.4, 0.5) is 0 Å². The van der Waals surface area contributed by atoms with Gasteiger partial charge < -0.3 is 5.32 Å². The Morgan fingerprint density at radius 2 is 2.06 bits per heavy atom.